The molecule has 8 rings (SSSR count). The number of imide groups is 1. The van der Waals surface area contributed by atoms with Crippen LogP contribution in [0.3, 0.4) is 0 Å². The largest absolute Gasteiger partial charge is 0.495 e. The highest BCUT2D eigenvalue weighted by Crippen LogP contribution is 2.74. The smallest absolute Gasteiger partial charge is 0.239 e. The zero-order chi connectivity index (χ0) is 31.6. The molecule has 2 fully saturated rings. The molecule has 5 aromatic rings. The van der Waals surface area contributed by atoms with Crippen LogP contribution in [0.1, 0.15) is 22.3 Å². The van der Waals surface area contributed by atoms with Gasteiger partial charge in [0.05, 0.1) is 35.5 Å². The van der Waals surface area contributed by atoms with Crippen molar-refractivity contribution in [3.8, 4) is 5.75 Å². The summed E-state index contributed by atoms with van der Waals surface area (Å²) in [5, 5.41) is 0.358. The molecule has 0 radical (unpaired) electrons. The molecule has 46 heavy (non-hydrogen) atoms. The number of amides is 2. The van der Waals surface area contributed by atoms with Crippen LogP contribution in [-0.4, -0.2) is 24.7 Å². The first-order valence-electron chi connectivity index (χ1n) is 15.2. The van der Waals surface area contributed by atoms with Crippen LogP contribution in [0.25, 0.3) is 11.1 Å². The summed E-state index contributed by atoms with van der Waals surface area (Å²) in [6.07, 6.45) is 0. The summed E-state index contributed by atoms with van der Waals surface area (Å²) >= 11 is 6.45. The number of hydrogen-bond donors (Lipinski definition) is 0. The van der Waals surface area contributed by atoms with Crippen molar-refractivity contribution in [3.05, 3.63) is 167 Å². The Morgan fingerprint density at radius 2 is 1.00 bits per heavy atom. The van der Waals surface area contributed by atoms with E-state index in [1.807, 2.05) is 121 Å². The SMILES string of the molecule is COc1ccc(Cl)cc1N1C(=O)[C@@H]2[C@@H](C1=O)[C@@]1(c3ccccc3)C(=O)[C@@]2(c2ccccc2)C(c2ccccc2)=C1c1ccccc1. The third kappa shape index (κ3) is 3.49. The number of benzene rings is 5. The molecule has 1 saturated heterocycles. The predicted molar refractivity (Wildman–Crippen MR) is 178 cm³/mol. The third-order valence-electron chi connectivity index (χ3n) is 9.96. The van der Waals surface area contributed by atoms with Gasteiger partial charge in [0.1, 0.15) is 5.75 Å². The van der Waals surface area contributed by atoms with E-state index in [0.29, 0.717) is 21.9 Å². The van der Waals surface area contributed by atoms with Crippen molar-refractivity contribution in [2.45, 2.75) is 10.8 Å². The number of allylic oxidation sites excluding steroid dienone is 2. The summed E-state index contributed by atoms with van der Waals surface area (Å²) in [7, 11) is 1.49. The molecule has 3 aliphatic rings. The van der Waals surface area contributed by atoms with Gasteiger partial charge < -0.3 is 4.74 Å². The van der Waals surface area contributed by atoms with Crippen molar-refractivity contribution in [2.75, 3.05) is 12.0 Å². The van der Waals surface area contributed by atoms with Gasteiger partial charge in [0.25, 0.3) is 0 Å². The number of Topliss-reactive ketones (excluding diaryl/α,β-unsaturated/α-hetero) is 1. The van der Waals surface area contributed by atoms with E-state index < -0.39 is 34.5 Å². The number of ketones is 1. The fourth-order valence-electron chi connectivity index (χ4n) is 8.41. The van der Waals surface area contributed by atoms with E-state index in [9.17, 15) is 0 Å². The molecule has 4 atom stereocenters. The van der Waals surface area contributed by atoms with Gasteiger partial charge in [0, 0.05) is 5.02 Å². The summed E-state index contributed by atoms with van der Waals surface area (Å²) in [5.74, 6) is -2.78. The average molecular weight is 622 g/mol. The Labute approximate surface area is 271 Å². The standard InChI is InChI=1S/C40H28ClNO4/c1-46-31-23-22-29(41)24-30(31)42-36(43)34-35(37(42)44)40(28-20-12-5-13-21-28)33(26-16-8-3-9-17-26)32(25-14-6-2-7-15-25)39(34,38(40)45)27-18-10-4-11-19-27/h2-24,34-35H,1H3/t34-,35-,39-,40-/m0/s1. The van der Waals surface area contributed by atoms with Crippen molar-refractivity contribution in [2.24, 2.45) is 11.8 Å². The molecule has 1 heterocycles. The van der Waals surface area contributed by atoms with E-state index in [2.05, 4.69) is 0 Å². The number of halogens is 1. The summed E-state index contributed by atoms with van der Waals surface area (Å²) in [5.41, 5.74) is 1.84. The highest BCUT2D eigenvalue weighted by atomic mass is 35.5. The molecular weight excluding hydrogens is 594 g/mol. The monoisotopic (exact) mass is 621 g/mol. The maximum Gasteiger partial charge on any atom is 0.239 e. The normalized spacial score (nSPS) is 24.9. The van der Waals surface area contributed by atoms with Gasteiger partial charge in [-0.3, -0.25) is 14.4 Å². The van der Waals surface area contributed by atoms with Gasteiger partial charge in [0.15, 0.2) is 5.78 Å². The lowest BCUT2D eigenvalue weighted by molar-refractivity contribution is -0.130. The minimum atomic E-state index is -1.47. The third-order valence-corrected chi connectivity index (χ3v) is 10.2. The zero-order valence-corrected chi connectivity index (χ0v) is 25.6. The topological polar surface area (TPSA) is 63.7 Å². The van der Waals surface area contributed by atoms with E-state index >= 15 is 14.4 Å². The van der Waals surface area contributed by atoms with Crippen molar-refractivity contribution < 1.29 is 19.1 Å². The van der Waals surface area contributed by atoms with Crippen LogP contribution in [0.2, 0.25) is 5.02 Å². The molecule has 2 aliphatic carbocycles. The number of rotatable bonds is 6. The first kappa shape index (κ1) is 28.2. The minimum absolute atomic E-state index is 0.162. The fourth-order valence-corrected chi connectivity index (χ4v) is 8.58. The molecule has 224 valence electrons. The van der Waals surface area contributed by atoms with Crippen molar-refractivity contribution in [1.82, 2.24) is 0 Å². The van der Waals surface area contributed by atoms with Gasteiger partial charge in [-0.05, 0) is 51.6 Å². The Bertz CT molecular complexity index is 1940. The van der Waals surface area contributed by atoms with Crippen LogP contribution in [-0.2, 0) is 25.2 Å². The van der Waals surface area contributed by atoms with E-state index in [1.165, 1.54) is 12.0 Å². The molecule has 5 aromatic carbocycles. The summed E-state index contributed by atoms with van der Waals surface area (Å²) in [6, 6.07) is 43.4. The molecule has 0 spiro atoms. The molecule has 0 aromatic heterocycles. The average Bonchev–Trinajstić information content (AvgIpc) is 3.61. The highest BCUT2D eigenvalue weighted by molar-refractivity contribution is 6.39. The first-order chi connectivity index (χ1) is 22.5. The van der Waals surface area contributed by atoms with Crippen LogP contribution in [0, 0.1) is 11.8 Å². The van der Waals surface area contributed by atoms with Gasteiger partial charge in [-0.2, -0.15) is 0 Å². The number of nitrogens with zero attached hydrogens (tertiary/aromatic N) is 1. The Morgan fingerprint density at radius 1 is 0.587 bits per heavy atom. The molecule has 2 amide bonds. The van der Waals surface area contributed by atoms with E-state index in [4.69, 9.17) is 16.3 Å². The molecule has 0 unspecified atom stereocenters. The molecule has 2 bridgehead atoms. The Kier molecular flexibility index (Phi) is 6.38. The number of carbonyl (C=O) groups is 3. The fraction of sp³-hybridized carbons (Fsp3) is 0.125. The van der Waals surface area contributed by atoms with Crippen LogP contribution in [0.5, 0.6) is 5.75 Å². The summed E-state index contributed by atoms with van der Waals surface area (Å²) in [4.78, 5) is 47.3. The quantitative estimate of drug-likeness (QED) is 0.184. The lowest BCUT2D eigenvalue weighted by Gasteiger charge is -2.39. The Morgan fingerprint density at radius 3 is 1.41 bits per heavy atom. The Hall–Kier alpha value is -5.26. The van der Waals surface area contributed by atoms with E-state index in [-0.39, 0.29) is 11.5 Å². The number of anilines is 1. The van der Waals surface area contributed by atoms with Crippen molar-refractivity contribution in [1.29, 1.82) is 0 Å². The highest BCUT2D eigenvalue weighted by Gasteiger charge is 2.82. The number of ether oxygens (including phenoxy) is 1. The van der Waals surface area contributed by atoms with Crippen LogP contribution in [0.4, 0.5) is 5.69 Å². The second kappa shape index (κ2) is 10.4. The van der Waals surface area contributed by atoms with Gasteiger partial charge in [0.2, 0.25) is 11.8 Å². The number of fused-ring (bicyclic) bond motifs is 5. The Balaban J connectivity index is 1.55. The lowest BCUT2D eigenvalue weighted by atomic mass is 9.59. The van der Waals surface area contributed by atoms with E-state index in [0.717, 1.165) is 22.3 Å². The van der Waals surface area contributed by atoms with Crippen LogP contribution >= 0.6 is 11.6 Å². The van der Waals surface area contributed by atoms with Gasteiger partial charge in [-0.25, -0.2) is 4.90 Å². The maximum absolute atomic E-state index is 15.9. The predicted octanol–water partition coefficient (Wildman–Crippen LogP) is 7.54. The summed E-state index contributed by atoms with van der Waals surface area (Å²) in [6.45, 7) is 0. The molecule has 5 nitrogen and oxygen atoms in total. The van der Waals surface area contributed by atoms with Crippen molar-refractivity contribution in [3.63, 3.8) is 0 Å². The zero-order valence-electron chi connectivity index (χ0n) is 24.9. The second-order valence-electron chi connectivity index (χ2n) is 11.9. The van der Waals surface area contributed by atoms with Gasteiger partial charge in [-0.15, -0.1) is 0 Å². The molecule has 1 saturated carbocycles. The lowest BCUT2D eigenvalue weighted by Crippen LogP contribution is -2.45. The molecule has 0 N–H and O–H groups in total. The number of carbonyl (C=O) groups excluding carboxylic acids is 3. The number of hydrogen-bond acceptors (Lipinski definition) is 4. The summed E-state index contributed by atoms with van der Waals surface area (Å²) < 4.78 is 5.64. The van der Waals surface area contributed by atoms with Crippen LogP contribution in [0.15, 0.2) is 140 Å². The van der Waals surface area contributed by atoms with Crippen molar-refractivity contribution >= 4 is 46.0 Å². The molecule has 6 heteroatoms. The number of methoxy groups -OCH3 is 1. The van der Waals surface area contributed by atoms with Gasteiger partial charge in [-0.1, -0.05) is 133 Å². The first-order valence-corrected chi connectivity index (χ1v) is 15.6. The molecule has 1 aliphatic heterocycles. The molecular formula is C40H28ClNO4. The van der Waals surface area contributed by atoms with E-state index in [1.54, 1.807) is 18.2 Å². The maximum atomic E-state index is 15.9. The van der Waals surface area contributed by atoms with Crippen LogP contribution < -0.4 is 9.64 Å². The minimum Gasteiger partial charge on any atom is -0.495 e. The van der Waals surface area contributed by atoms with Gasteiger partial charge >= 0.3 is 0 Å². The second-order valence-corrected chi connectivity index (χ2v) is 12.4.